The van der Waals surface area contributed by atoms with E-state index in [0.29, 0.717) is 11.2 Å². The van der Waals surface area contributed by atoms with Crippen LogP contribution in [0.5, 0.6) is 0 Å². The number of fused-ring (bicyclic) bond motifs is 1. The summed E-state index contributed by atoms with van der Waals surface area (Å²) in [6.45, 7) is 0. The normalized spacial score (nSPS) is 28.0. The molecule has 2 aromatic heterocycles. The van der Waals surface area contributed by atoms with Gasteiger partial charge in [0.05, 0.1) is 18.7 Å². The molecule has 1 aliphatic carbocycles. The van der Waals surface area contributed by atoms with Gasteiger partial charge in [0.15, 0.2) is 11.1 Å². The number of aliphatic hydroxyl groups is 2. The SMILES string of the molecule is N=c1ncn([C@@H]2C=C[C@@H](O)[C@H]2O)c2nc[nH]c12. The third-order valence-corrected chi connectivity index (χ3v) is 2.94. The summed E-state index contributed by atoms with van der Waals surface area (Å²) >= 11 is 0. The first kappa shape index (κ1) is 10.2. The van der Waals surface area contributed by atoms with Crippen LogP contribution >= 0.6 is 0 Å². The van der Waals surface area contributed by atoms with Crippen LogP contribution in [0.15, 0.2) is 24.8 Å². The van der Waals surface area contributed by atoms with E-state index in [1.807, 2.05) is 0 Å². The van der Waals surface area contributed by atoms with Crippen molar-refractivity contribution in [3.63, 3.8) is 0 Å². The molecule has 17 heavy (non-hydrogen) atoms. The van der Waals surface area contributed by atoms with Gasteiger partial charge in [0.2, 0.25) is 0 Å². The number of imidazole rings is 1. The smallest absolute Gasteiger partial charge is 0.173 e. The summed E-state index contributed by atoms with van der Waals surface area (Å²) in [4.78, 5) is 10.8. The van der Waals surface area contributed by atoms with E-state index in [0.717, 1.165) is 0 Å². The van der Waals surface area contributed by atoms with Gasteiger partial charge in [-0.2, -0.15) is 0 Å². The number of aliphatic hydroxyl groups excluding tert-OH is 2. The molecule has 7 nitrogen and oxygen atoms in total. The fourth-order valence-electron chi connectivity index (χ4n) is 2.03. The van der Waals surface area contributed by atoms with Crippen LogP contribution in [0.2, 0.25) is 0 Å². The molecule has 2 heterocycles. The number of nitrogens with zero attached hydrogens (tertiary/aromatic N) is 3. The zero-order valence-electron chi connectivity index (χ0n) is 8.78. The largest absolute Gasteiger partial charge is 0.388 e. The fourth-order valence-corrected chi connectivity index (χ4v) is 2.03. The number of hydrogen-bond donors (Lipinski definition) is 4. The molecule has 0 bridgehead atoms. The molecule has 2 aromatic rings. The van der Waals surface area contributed by atoms with Crippen LogP contribution in [-0.4, -0.2) is 41.9 Å². The van der Waals surface area contributed by atoms with Gasteiger partial charge in [-0.05, 0) is 0 Å². The van der Waals surface area contributed by atoms with Gasteiger partial charge in [-0.15, -0.1) is 0 Å². The third-order valence-electron chi connectivity index (χ3n) is 2.94. The number of aromatic amines is 1. The second kappa shape index (κ2) is 3.51. The quantitative estimate of drug-likeness (QED) is 0.477. The zero-order valence-corrected chi connectivity index (χ0v) is 8.78. The summed E-state index contributed by atoms with van der Waals surface area (Å²) in [6, 6.07) is -0.413. The molecule has 0 saturated heterocycles. The summed E-state index contributed by atoms with van der Waals surface area (Å²) < 4.78 is 1.64. The number of hydrogen-bond acceptors (Lipinski definition) is 5. The van der Waals surface area contributed by atoms with E-state index in [1.165, 1.54) is 18.7 Å². The molecule has 3 atom stereocenters. The monoisotopic (exact) mass is 233 g/mol. The Balaban J connectivity index is 2.19. The Morgan fingerprint density at radius 2 is 2.12 bits per heavy atom. The summed E-state index contributed by atoms with van der Waals surface area (Å²) in [5, 5.41) is 26.9. The maximum Gasteiger partial charge on any atom is 0.173 e. The van der Waals surface area contributed by atoms with E-state index >= 15 is 0 Å². The number of rotatable bonds is 1. The topological polar surface area (TPSA) is 111 Å². The van der Waals surface area contributed by atoms with Gasteiger partial charge < -0.3 is 19.8 Å². The van der Waals surface area contributed by atoms with E-state index in [4.69, 9.17) is 5.41 Å². The molecule has 0 saturated carbocycles. The van der Waals surface area contributed by atoms with Crippen molar-refractivity contribution in [3.8, 4) is 0 Å². The van der Waals surface area contributed by atoms with Crippen molar-refractivity contribution in [2.24, 2.45) is 0 Å². The van der Waals surface area contributed by atoms with Crippen LogP contribution in [0.25, 0.3) is 11.2 Å². The molecule has 88 valence electrons. The van der Waals surface area contributed by atoms with E-state index in [2.05, 4.69) is 15.0 Å². The van der Waals surface area contributed by atoms with Gasteiger partial charge >= 0.3 is 0 Å². The molecule has 0 unspecified atom stereocenters. The van der Waals surface area contributed by atoms with Crippen molar-refractivity contribution in [1.82, 2.24) is 19.5 Å². The Morgan fingerprint density at radius 1 is 1.29 bits per heavy atom. The van der Waals surface area contributed by atoms with E-state index in [-0.39, 0.29) is 5.49 Å². The maximum atomic E-state index is 9.83. The lowest BCUT2D eigenvalue weighted by molar-refractivity contribution is 0.0373. The molecule has 0 spiro atoms. The molecule has 7 heteroatoms. The average Bonchev–Trinajstić information content (AvgIpc) is 2.91. The summed E-state index contributed by atoms with van der Waals surface area (Å²) in [5.74, 6) is 0. The Hall–Kier alpha value is -1.99. The molecule has 0 amide bonds. The number of aromatic nitrogens is 4. The lowest BCUT2D eigenvalue weighted by Crippen LogP contribution is -2.29. The van der Waals surface area contributed by atoms with Crippen LogP contribution < -0.4 is 5.49 Å². The summed E-state index contributed by atoms with van der Waals surface area (Å²) in [7, 11) is 0. The van der Waals surface area contributed by atoms with Crippen LogP contribution in [0.3, 0.4) is 0 Å². The highest BCUT2D eigenvalue weighted by molar-refractivity contribution is 5.68. The van der Waals surface area contributed by atoms with Gasteiger partial charge in [0.25, 0.3) is 0 Å². The Morgan fingerprint density at radius 3 is 2.82 bits per heavy atom. The minimum absolute atomic E-state index is 0.103. The predicted molar refractivity (Wildman–Crippen MR) is 57.9 cm³/mol. The first-order chi connectivity index (χ1) is 8.18. The summed E-state index contributed by atoms with van der Waals surface area (Å²) in [6.07, 6.45) is 4.37. The molecular formula is C10H11N5O2. The van der Waals surface area contributed by atoms with Crippen LogP contribution in [-0.2, 0) is 0 Å². The van der Waals surface area contributed by atoms with E-state index in [9.17, 15) is 10.2 Å². The number of nitrogens with one attached hydrogen (secondary N) is 2. The second-order valence-corrected chi connectivity index (χ2v) is 3.96. The molecule has 0 aromatic carbocycles. The van der Waals surface area contributed by atoms with Crippen LogP contribution in [0.4, 0.5) is 0 Å². The Labute approximate surface area is 95.6 Å². The standard InChI is InChI=1S/C10H11N5O2/c11-9-7-10(13-3-12-7)15(4-14-9)5-1-2-6(16)8(5)17/h1-6,8,11,16-17H,(H,12,13)/t5-,6-,8+/m1/s1. The van der Waals surface area contributed by atoms with Gasteiger partial charge in [-0.25, -0.2) is 9.97 Å². The molecule has 0 aliphatic heterocycles. The molecule has 0 radical (unpaired) electrons. The second-order valence-electron chi connectivity index (χ2n) is 3.96. The van der Waals surface area contributed by atoms with Crippen molar-refractivity contribution in [2.75, 3.05) is 0 Å². The van der Waals surface area contributed by atoms with Gasteiger partial charge in [-0.1, -0.05) is 12.2 Å². The van der Waals surface area contributed by atoms with Gasteiger partial charge in [-0.3, -0.25) is 5.41 Å². The minimum Gasteiger partial charge on any atom is -0.388 e. The van der Waals surface area contributed by atoms with Crippen molar-refractivity contribution < 1.29 is 10.2 Å². The van der Waals surface area contributed by atoms with Crippen LogP contribution in [0.1, 0.15) is 6.04 Å². The Bertz CT molecular complexity index is 643. The lowest BCUT2D eigenvalue weighted by Gasteiger charge is -2.19. The van der Waals surface area contributed by atoms with Crippen molar-refractivity contribution >= 4 is 11.2 Å². The molecular weight excluding hydrogens is 222 g/mol. The molecule has 4 N–H and O–H groups in total. The van der Waals surface area contributed by atoms with Gasteiger partial charge in [0, 0.05) is 0 Å². The Kier molecular flexibility index (Phi) is 2.10. The fraction of sp³-hybridized carbons (Fsp3) is 0.300. The lowest BCUT2D eigenvalue weighted by atomic mass is 10.2. The predicted octanol–water partition coefficient (Wildman–Crippen LogP) is -0.928. The first-order valence-electron chi connectivity index (χ1n) is 5.18. The highest BCUT2D eigenvalue weighted by Crippen LogP contribution is 2.25. The van der Waals surface area contributed by atoms with Crippen molar-refractivity contribution in [3.05, 3.63) is 30.3 Å². The summed E-state index contributed by atoms with van der Waals surface area (Å²) in [5.41, 5.74) is 1.15. The van der Waals surface area contributed by atoms with E-state index < -0.39 is 18.2 Å². The molecule has 0 fully saturated rings. The van der Waals surface area contributed by atoms with E-state index in [1.54, 1.807) is 10.6 Å². The third kappa shape index (κ3) is 1.40. The van der Waals surface area contributed by atoms with Crippen molar-refractivity contribution in [1.29, 1.82) is 5.41 Å². The minimum atomic E-state index is -0.918. The molecule has 3 rings (SSSR count). The van der Waals surface area contributed by atoms with Crippen LogP contribution in [0, 0.1) is 5.41 Å². The maximum absolute atomic E-state index is 9.83. The highest BCUT2D eigenvalue weighted by atomic mass is 16.3. The first-order valence-corrected chi connectivity index (χ1v) is 5.18. The highest BCUT2D eigenvalue weighted by Gasteiger charge is 2.30. The molecule has 1 aliphatic rings. The van der Waals surface area contributed by atoms with Crippen molar-refractivity contribution in [2.45, 2.75) is 18.2 Å². The van der Waals surface area contributed by atoms with Gasteiger partial charge in [0.1, 0.15) is 17.7 Å². The zero-order chi connectivity index (χ0) is 12.0. The number of H-pyrrole nitrogens is 1. The average molecular weight is 233 g/mol.